The van der Waals surface area contributed by atoms with Gasteiger partial charge >= 0.3 is 6.18 Å². The number of nitrogens with one attached hydrogen (secondary N) is 1. The lowest BCUT2D eigenvalue weighted by atomic mass is 10.1. The molecule has 0 spiro atoms. The van der Waals surface area contributed by atoms with Gasteiger partial charge in [-0.25, -0.2) is 0 Å². The van der Waals surface area contributed by atoms with Crippen LogP contribution in [0.5, 0.6) is 5.75 Å². The minimum absolute atomic E-state index is 0.223. The van der Waals surface area contributed by atoms with E-state index in [2.05, 4.69) is 5.32 Å². The molecule has 0 saturated carbocycles. The summed E-state index contributed by atoms with van der Waals surface area (Å²) < 4.78 is 45.3. The molecule has 0 bridgehead atoms. The largest absolute Gasteiger partial charge is 0.492 e. The smallest absolute Gasteiger partial charge is 0.417 e. The zero-order valence-corrected chi connectivity index (χ0v) is 18.0. The minimum atomic E-state index is -4.60. The molecule has 3 rings (SSSR count). The van der Waals surface area contributed by atoms with Crippen LogP contribution in [0.1, 0.15) is 29.8 Å². The fourth-order valence-corrected chi connectivity index (χ4v) is 3.65. The van der Waals surface area contributed by atoms with E-state index < -0.39 is 23.7 Å². The SMILES string of the molecule is CCOc1ccccc1NC(=O)C(C)N1CCN(C(=O)c2ccccc2C(F)(F)F)CC1. The molecular formula is C23H26F3N3O3. The van der Waals surface area contributed by atoms with Crippen molar-refractivity contribution in [3.8, 4) is 5.75 Å². The first-order valence-corrected chi connectivity index (χ1v) is 10.4. The van der Waals surface area contributed by atoms with Gasteiger partial charge in [0.25, 0.3) is 5.91 Å². The molecular weight excluding hydrogens is 423 g/mol. The Morgan fingerprint density at radius 3 is 2.31 bits per heavy atom. The number of rotatable bonds is 6. The molecule has 6 nitrogen and oxygen atoms in total. The van der Waals surface area contributed by atoms with Gasteiger partial charge in [-0.1, -0.05) is 24.3 Å². The van der Waals surface area contributed by atoms with Crippen LogP contribution in [-0.2, 0) is 11.0 Å². The van der Waals surface area contributed by atoms with E-state index in [-0.39, 0.29) is 24.6 Å². The third-order valence-electron chi connectivity index (χ3n) is 5.44. The summed E-state index contributed by atoms with van der Waals surface area (Å²) in [5, 5.41) is 2.87. The van der Waals surface area contributed by atoms with E-state index in [4.69, 9.17) is 4.74 Å². The zero-order chi connectivity index (χ0) is 23.3. The maximum Gasteiger partial charge on any atom is 0.417 e. The molecule has 0 aromatic heterocycles. The Balaban J connectivity index is 1.61. The average molecular weight is 449 g/mol. The van der Waals surface area contributed by atoms with Crippen LogP contribution in [0, 0.1) is 0 Å². The topological polar surface area (TPSA) is 61.9 Å². The fourth-order valence-electron chi connectivity index (χ4n) is 3.65. The number of hydrogen-bond acceptors (Lipinski definition) is 4. The second-order valence-corrected chi connectivity index (χ2v) is 7.47. The van der Waals surface area contributed by atoms with Crippen molar-refractivity contribution >= 4 is 17.5 Å². The van der Waals surface area contributed by atoms with Crippen molar-refractivity contribution in [3.63, 3.8) is 0 Å². The van der Waals surface area contributed by atoms with Gasteiger partial charge in [-0.05, 0) is 38.1 Å². The fraction of sp³-hybridized carbons (Fsp3) is 0.391. The molecule has 9 heteroatoms. The van der Waals surface area contributed by atoms with E-state index in [0.717, 1.165) is 6.07 Å². The Kier molecular flexibility index (Phi) is 7.40. The maximum absolute atomic E-state index is 13.3. The highest BCUT2D eigenvalue weighted by Crippen LogP contribution is 2.32. The highest BCUT2D eigenvalue weighted by molar-refractivity contribution is 5.97. The summed E-state index contributed by atoms with van der Waals surface area (Å²) in [7, 11) is 0. The summed E-state index contributed by atoms with van der Waals surface area (Å²) in [6.07, 6.45) is -4.60. The number of halogens is 3. The Morgan fingerprint density at radius 2 is 1.66 bits per heavy atom. The highest BCUT2D eigenvalue weighted by atomic mass is 19.4. The van der Waals surface area contributed by atoms with Gasteiger partial charge in [-0.3, -0.25) is 14.5 Å². The Bertz CT molecular complexity index is 957. The van der Waals surface area contributed by atoms with Gasteiger partial charge in [0.05, 0.1) is 29.5 Å². The molecule has 1 aliphatic heterocycles. The monoisotopic (exact) mass is 449 g/mol. The first-order valence-electron chi connectivity index (χ1n) is 10.4. The first kappa shape index (κ1) is 23.6. The number of amides is 2. The molecule has 1 unspecified atom stereocenters. The van der Waals surface area contributed by atoms with E-state index in [9.17, 15) is 22.8 Å². The third kappa shape index (κ3) is 5.40. The molecule has 1 atom stereocenters. The Morgan fingerprint density at radius 1 is 1.03 bits per heavy atom. The number of nitrogens with zero attached hydrogens (tertiary/aromatic N) is 2. The molecule has 1 heterocycles. The van der Waals surface area contributed by atoms with E-state index in [0.29, 0.717) is 31.1 Å². The van der Waals surface area contributed by atoms with Crippen LogP contribution in [0.3, 0.4) is 0 Å². The van der Waals surface area contributed by atoms with Crippen molar-refractivity contribution in [1.82, 2.24) is 9.80 Å². The van der Waals surface area contributed by atoms with Crippen molar-refractivity contribution in [2.75, 3.05) is 38.1 Å². The lowest BCUT2D eigenvalue weighted by molar-refractivity contribution is -0.138. The number of hydrogen-bond donors (Lipinski definition) is 1. The Hall–Kier alpha value is -3.07. The van der Waals surface area contributed by atoms with E-state index >= 15 is 0 Å². The normalized spacial score (nSPS) is 15.8. The summed E-state index contributed by atoms with van der Waals surface area (Å²) in [6.45, 7) is 5.31. The van der Waals surface area contributed by atoms with Crippen molar-refractivity contribution in [3.05, 3.63) is 59.7 Å². The molecule has 172 valence electrons. The van der Waals surface area contributed by atoms with Crippen LogP contribution in [-0.4, -0.2) is 60.4 Å². The number of ether oxygens (including phenoxy) is 1. The lowest BCUT2D eigenvalue weighted by Crippen LogP contribution is -2.54. The summed E-state index contributed by atoms with van der Waals surface area (Å²) in [5.74, 6) is -0.297. The second-order valence-electron chi connectivity index (χ2n) is 7.47. The quantitative estimate of drug-likeness (QED) is 0.727. The van der Waals surface area contributed by atoms with E-state index in [1.54, 1.807) is 25.1 Å². The predicted molar refractivity (Wildman–Crippen MR) is 115 cm³/mol. The van der Waals surface area contributed by atoms with Gasteiger partial charge in [-0.2, -0.15) is 13.2 Å². The number of benzene rings is 2. The summed E-state index contributed by atoms with van der Waals surface area (Å²) in [4.78, 5) is 28.8. The lowest BCUT2D eigenvalue weighted by Gasteiger charge is -2.37. The molecule has 2 aromatic carbocycles. The van der Waals surface area contributed by atoms with Crippen LogP contribution < -0.4 is 10.1 Å². The second kappa shape index (κ2) is 10.0. The maximum atomic E-state index is 13.3. The molecule has 2 aromatic rings. The molecule has 32 heavy (non-hydrogen) atoms. The molecule has 1 saturated heterocycles. The van der Waals surface area contributed by atoms with Gasteiger partial charge < -0.3 is 15.0 Å². The van der Waals surface area contributed by atoms with E-state index in [1.165, 1.54) is 23.1 Å². The van der Waals surface area contributed by atoms with Crippen LogP contribution in [0.15, 0.2) is 48.5 Å². The molecule has 0 aliphatic carbocycles. The summed E-state index contributed by atoms with van der Waals surface area (Å²) in [6, 6.07) is 11.5. The highest BCUT2D eigenvalue weighted by Gasteiger charge is 2.36. The zero-order valence-electron chi connectivity index (χ0n) is 18.0. The van der Waals surface area contributed by atoms with Crippen LogP contribution in [0.25, 0.3) is 0 Å². The van der Waals surface area contributed by atoms with Crippen LogP contribution in [0.2, 0.25) is 0 Å². The van der Waals surface area contributed by atoms with Crippen molar-refractivity contribution < 1.29 is 27.5 Å². The van der Waals surface area contributed by atoms with E-state index in [1.807, 2.05) is 17.9 Å². The Labute approximate surface area is 184 Å². The molecule has 0 radical (unpaired) electrons. The number of alkyl halides is 3. The molecule has 1 aliphatic rings. The van der Waals surface area contributed by atoms with Gasteiger partial charge in [0.15, 0.2) is 0 Å². The van der Waals surface area contributed by atoms with Crippen LogP contribution in [0.4, 0.5) is 18.9 Å². The van der Waals surface area contributed by atoms with Gasteiger partial charge in [-0.15, -0.1) is 0 Å². The van der Waals surface area contributed by atoms with Crippen molar-refractivity contribution in [2.24, 2.45) is 0 Å². The van der Waals surface area contributed by atoms with Crippen molar-refractivity contribution in [1.29, 1.82) is 0 Å². The number of carbonyl (C=O) groups is 2. The molecule has 1 N–H and O–H groups in total. The number of para-hydroxylation sites is 2. The van der Waals surface area contributed by atoms with Crippen molar-refractivity contribution in [2.45, 2.75) is 26.1 Å². The molecule has 1 fully saturated rings. The van der Waals surface area contributed by atoms with Gasteiger partial charge in [0, 0.05) is 26.2 Å². The number of anilines is 1. The first-order chi connectivity index (χ1) is 15.2. The van der Waals surface area contributed by atoms with Crippen LogP contribution >= 0.6 is 0 Å². The summed E-state index contributed by atoms with van der Waals surface area (Å²) in [5.41, 5.74) is -0.719. The average Bonchev–Trinajstić information content (AvgIpc) is 2.79. The molecule has 2 amide bonds. The van der Waals surface area contributed by atoms with Gasteiger partial charge in [0.2, 0.25) is 5.91 Å². The number of piperazine rings is 1. The summed E-state index contributed by atoms with van der Waals surface area (Å²) >= 11 is 0. The standard InChI is InChI=1S/C23H26F3N3O3/c1-3-32-20-11-7-6-10-19(20)27-21(30)16(2)28-12-14-29(15-13-28)22(31)17-8-4-5-9-18(17)23(24,25)26/h4-11,16H,3,12-15H2,1-2H3,(H,27,30). The van der Waals surface area contributed by atoms with Gasteiger partial charge in [0.1, 0.15) is 5.75 Å². The predicted octanol–water partition coefficient (Wildman–Crippen LogP) is 3.89. The minimum Gasteiger partial charge on any atom is -0.492 e. The third-order valence-corrected chi connectivity index (χ3v) is 5.44. The number of carbonyl (C=O) groups excluding carboxylic acids is 2.